The summed E-state index contributed by atoms with van der Waals surface area (Å²) in [5.74, 6) is -0.167. The summed E-state index contributed by atoms with van der Waals surface area (Å²) < 4.78 is 45.7. The van der Waals surface area contributed by atoms with E-state index in [0.717, 1.165) is 17.8 Å². The lowest BCUT2D eigenvalue weighted by molar-refractivity contribution is -0.137. The Morgan fingerprint density at radius 3 is 2.24 bits per heavy atom. The molecule has 0 aliphatic carbocycles. The molecule has 0 unspecified atom stereocenters. The fraction of sp³-hybridized carbons (Fsp3) is 0.292. The number of rotatable bonds is 5. The predicted octanol–water partition coefficient (Wildman–Crippen LogP) is 4.06. The van der Waals surface area contributed by atoms with Crippen LogP contribution in [0.4, 0.5) is 18.9 Å². The molecule has 1 amide bonds. The number of aromatic nitrogens is 2. The Hall–Kier alpha value is -3.82. The lowest BCUT2D eigenvalue weighted by Crippen LogP contribution is -2.49. The van der Waals surface area contributed by atoms with Gasteiger partial charge in [0.05, 0.1) is 24.6 Å². The summed E-state index contributed by atoms with van der Waals surface area (Å²) in [5.41, 5.74) is 1.01. The number of ketones is 1. The average Bonchev–Trinajstić information content (AvgIpc) is 3.28. The molecule has 10 heteroatoms. The number of amides is 1. The smallest absolute Gasteiger partial charge is 0.416 e. The van der Waals surface area contributed by atoms with Crippen LogP contribution in [0.15, 0.2) is 54.7 Å². The maximum atomic E-state index is 13.1. The van der Waals surface area contributed by atoms with Crippen molar-refractivity contribution in [3.63, 3.8) is 0 Å². The molecular formula is C24H23F3N4O3. The maximum absolute atomic E-state index is 13.1. The number of Topliss-reactive ketones (excluding diaryl/α,β-unsaturated/α-hetero) is 1. The van der Waals surface area contributed by atoms with E-state index in [-0.39, 0.29) is 28.8 Å². The van der Waals surface area contributed by atoms with Crippen LogP contribution in [0.5, 0.6) is 5.75 Å². The largest absolute Gasteiger partial charge is 0.493 e. The Kier molecular flexibility index (Phi) is 6.32. The van der Waals surface area contributed by atoms with Crippen LogP contribution in [-0.2, 0) is 6.18 Å². The Morgan fingerprint density at radius 1 is 0.971 bits per heavy atom. The number of anilines is 1. The third-order valence-corrected chi connectivity index (χ3v) is 5.75. The molecule has 7 nitrogen and oxygen atoms in total. The molecule has 1 aromatic heterocycles. The summed E-state index contributed by atoms with van der Waals surface area (Å²) in [4.78, 5) is 28.4. The van der Waals surface area contributed by atoms with Gasteiger partial charge < -0.3 is 14.5 Å². The van der Waals surface area contributed by atoms with Gasteiger partial charge in [-0.3, -0.25) is 9.59 Å². The monoisotopic (exact) mass is 472 g/mol. The van der Waals surface area contributed by atoms with Crippen molar-refractivity contribution in [2.45, 2.75) is 13.1 Å². The van der Waals surface area contributed by atoms with E-state index >= 15 is 0 Å². The summed E-state index contributed by atoms with van der Waals surface area (Å²) in [5, 5.41) is 4.24. The number of methoxy groups -OCH3 is 1. The minimum absolute atomic E-state index is 0.000447. The molecular weight excluding hydrogens is 449 g/mol. The zero-order chi connectivity index (χ0) is 24.5. The van der Waals surface area contributed by atoms with Crippen LogP contribution in [-0.4, -0.2) is 59.7 Å². The Bertz CT molecular complexity index is 1200. The number of piperazine rings is 1. The molecule has 0 N–H and O–H groups in total. The van der Waals surface area contributed by atoms with Crippen LogP contribution in [0.25, 0.3) is 5.69 Å². The van der Waals surface area contributed by atoms with Gasteiger partial charge in [-0.15, -0.1) is 0 Å². The van der Waals surface area contributed by atoms with Crippen LogP contribution in [0.1, 0.15) is 33.3 Å². The minimum Gasteiger partial charge on any atom is -0.493 e. The van der Waals surface area contributed by atoms with E-state index in [4.69, 9.17) is 4.74 Å². The second kappa shape index (κ2) is 9.20. The molecule has 2 heterocycles. The molecule has 2 aromatic carbocycles. The van der Waals surface area contributed by atoms with E-state index in [1.807, 2.05) is 12.1 Å². The van der Waals surface area contributed by atoms with Crippen molar-refractivity contribution in [3.05, 3.63) is 71.5 Å². The first kappa shape index (κ1) is 23.3. The zero-order valence-corrected chi connectivity index (χ0v) is 18.7. The van der Waals surface area contributed by atoms with Crippen LogP contribution in [0.2, 0.25) is 0 Å². The van der Waals surface area contributed by atoms with Gasteiger partial charge in [-0.1, -0.05) is 6.07 Å². The summed E-state index contributed by atoms with van der Waals surface area (Å²) in [6.07, 6.45) is -3.09. The molecule has 0 atom stereocenters. The Morgan fingerprint density at radius 2 is 1.65 bits per heavy atom. The quantitative estimate of drug-likeness (QED) is 0.524. The van der Waals surface area contributed by atoms with Gasteiger partial charge in [-0.25, -0.2) is 4.68 Å². The fourth-order valence-corrected chi connectivity index (χ4v) is 3.84. The number of nitrogens with zero attached hydrogens (tertiary/aromatic N) is 4. The van der Waals surface area contributed by atoms with Crippen LogP contribution in [0, 0.1) is 0 Å². The molecule has 0 spiro atoms. The van der Waals surface area contributed by atoms with Crippen LogP contribution < -0.4 is 9.64 Å². The number of carbonyl (C=O) groups excluding carboxylic acids is 2. The molecule has 3 aromatic rings. The van der Waals surface area contributed by atoms with Crippen LogP contribution in [0.3, 0.4) is 0 Å². The van der Waals surface area contributed by atoms with Crippen LogP contribution >= 0.6 is 0 Å². The first-order chi connectivity index (χ1) is 16.2. The van der Waals surface area contributed by atoms with E-state index in [1.165, 1.54) is 37.0 Å². The average molecular weight is 472 g/mol. The first-order valence-corrected chi connectivity index (χ1v) is 10.6. The van der Waals surface area contributed by atoms with Crippen molar-refractivity contribution in [1.29, 1.82) is 0 Å². The molecule has 34 heavy (non-hydrogen) atoms. The Labute approximate surface area is 194 Å². The molecule has 0 radical (unpaired) electrons. The van der Waals surface area contributed by atoms with Crippen molar-refractivity contribution in [3.8, 4) is 11.4 Å². The maximum Gasteiger partial charge on any atom is 0.416 e. The van der Waals surface area contributed by atoms with Gasteiger partial charge in [0.1, 0.15) is 0 Å². The molecule has 0 bridgehead atoms. The lowest BCUT2D eigenvalue weighted by atomic mass is 10.1. The number of ether oxygens (including phenoxy) is 1. The third kappa shape index (κ3) is 4.75. The number of carbonyl (C=O) groups is 2. The number of hydrogen-bond donors (Lipinski definition) is 0. The van der Waals surface area contributed by atoms with Gasteiger partial charge >= 0.3 is 6.18 Å². The summed E-state index contributed by atoms with van der Waals surface area (Å²) in [6, 6.07) is 12.0. The highest BCUT2D eigenvalue weighted by Crippen LogP contribution is 2.31. The van der Waals surface area contributed by atoms with Crippen molar-refractivity contribution in [2.75, 3.05) is 38.2 Å². The van der Waals surface area contributed by atoms with Gasteiger partial charge in [0, 0.05) is 37.4 Å². The van der Waals surface area contributed by atoms with Crippen molar-refractivity contribution in [2.24, 2.45) is 0 Å². The first-order valence-electron chi connectivity index (χ1n) is 10.6. The molecule has 1 aliphatic rings. The van der Waals surface area contributed by atoms with Crippen molar-refractivity contribution < 1.29 is 27.5 Å². The van der Waals surface area contributed by atoms with E-state index in [9.17, 15) is 22.8 Å². The fourth-order valence-electron chi connectivity index (χ4n) is 3.84. The van der Waals surface area contributed by atoms with Crippen molar-refractivity contribution >= 4 is 17.4 Å². The number of benzene rings is 2. The van der Waals surface area contributed by atoms with E-state index in [2.05, 4.69) is 10.00 Å². The Balaban J connectivity index is 1.49. The summed E-state index contributed by atoms with van der Waals surface area (Å²) in [6.45, 7) is 3.56. The van der Waals surface area contributed by atoms with Gasteiger partial charge in [-0.2, -0.15) is 18.3 Å². The van der Waals surface area contributed by atoms with Gasteiger partial charge in [0.25, 0.3) is 5.91 Å². The van der Waals surface area contributed by atoms with Gasteiger partial charge in [0.15, 0.2) is 17.2 Å². The minimum atomic E-state index is -4.49. The topological polar surface area (TPSA) is 67.7 Å². The predicted molar refractivity (Wildman–Crippen MR) is 120 cm³/mol. The highest BCUT2D eigenvalue weighted by Gasteiger charge is 2.31. The van der Waals surface area contributed by atoms with E-state index < -0.39 is 11.7 Å². The highest BCUT2D eigenvalue weighted by molar-refractivity contribution is 5.95. The number of hydrogen-bond acceptors (Lipinski definition) is 5. The molecule has 1 saturated heterocycles. The molecule has 178 valence electrons. The molecule has 4 rings (SSSR count). The highest BCUT2D eigenvalue weighted by atomic mass is 19.4. The lowest BCUT2D eigenvalue weighted by Gasteiger charge is -2.36. The second-order valence-electron chi connectivity index (χ2n) is 7.92. The number of alkyl halides is 3. The molecule has 1 fully saturated rings. The van der Waals surface area contributed by atoms with E-state index in [1.54, 1.807) is 17.0 Å². The van der Waals surface area contributed by atoms with Gasteiger partial charge in [0.2, 0.25) is 0 Å². The SMILES string of the molecule is COc1cn(-c2cccc(C(F)(F)F)c2)nc1C(=O)N1CCN(c2ccc(C(C)=O)cc2)CC1. The zero-order valence-electron chi connectivity index (χ0n) is 18.7. The third-order valence-electron chi connectivity index (χ3n) is 5.75. The van der Waals surface area contributed by atoms with E-state index in [0.29, 0.717) is 31.7 Å². The van der Waals surface area contributed by atoms with Gasteiger partial charge in [-0.05, 0) is 49.4 Å². The molecule has 0 saturated carbocycles. The summed E-state index contributed by atoms with van der Waals surface area (Å²) >= 11 is 0. The normalized spacial score (nSPS) is 14.3. The number of halogens is 3. The summed E-state index contributed by atoms with van der Waals surface area (Å²) in [7, 11) is 1.38. The standard InChI is InChI=1S/C24H23F3N4O3/c1-16(32)17-6-8-19(9-7-17)29-10-12-30(13-11-29)23(33)22-21(34-2)15-31(28-22)20-5-3-4-18(14-20)24(25,26)27/h3-9,14-15H,10-13H2,1-2H3. The molecule has 1 aliphatic heterocycles. The second-order valence-corrected chi connectivity index (χ2v) is 7.92. The van der Waals surface area contributed by atoms with Crippen molar-refractivity contribution in [1.82, 2.24) is 14.7 Å².